The van der Waals surface area contributed by atoms with Crippen LogP contribution in [0.1, 0.15) is 48.9 Å². The van der Waals surface area contributed by atoms with Crippen molar-refractivity contribution in [2.75, 3.05) is 5.32 Å². The quantitative estimate of drug-likeness (QED) is 0.542. The largest absolute Gasteiger partial charge is 0.480 e. The molecule has 2 aliphatic rings. The van der Waals surface area contributed by atoms with Crippen molar-refractivity contribution in [1.82, 2.24) is 5.32 Å². The molecule has 2 aliphatic carbocycles. The van der Waals surface area contributed by atoms with E-state index in [4.69, 9.17) is 0 Å². The van der Waals surface area contributed by atoms with Gasteiger partial charge >= 0.3 is 5.97 Å². The Bertz CT molecular complexity index is 693. The van der Waals surface area contributed by atoms with E-state index in [0.29, 0.717) is 18.5 Å². The highest BCUT2D eigenvalue weighted by Crippen LogP contribution is 2.33. The number of nitro benzene ring substituents is 1. The minimum atomic E-state index is -1.27. The predicted octanol–water partition coefficient (Wildman–Crippen LogP) is 2.30. The molecule has 0 bridgehead atoms. The second-order valence-corrected chi connectivity index (χ2v) is 6.46. The number of carboxylic acids is 1. The molecule has 2 fully saturated rings. The number of hydrogen-bond acceptors (Lipinski definition) is 5. The van der Waals surface area contributed by atoms with Gasteiger partial charge in [0.1, 0.15) is 11.2 Å². The molecule has 1 aromatic carbocycles. The van der Waals surface area contributed by atoms with Crippen molar-refractivity contribution in [3.63, 3.8) is 0 Å². The average Bonchev–Trinajstić information content (AvgIpc) is 3.22. The lowest BCUT2D eigenvalue weighted by Crippen LogP contribution is -2.52. The molecule has 128 valence electrons. The molecule has 3 rings (SSSR count). The first-order chi connectivity index (χ1) is 11.4. The maximum Gasteiger partial charge on any atom is 0.329 e. The van der Waals surface area contributed by atoms with Crippen LogP contribution in [0.15, 0.2) is 18.2 Å². The number of hydrogen-bond donors (Lipinski definition) is 3. The number of benzene rings is 1. The third kappa shape index (κ3) is 3.17. The predicted molar refractivity (Wildman–Crippen MR) is 86.0 cm³/mol. The van der Waals surface area contributed by atoms with Crippen molar-refractivity contribution in [1.29, 1.82) is 0 Å². The van der Waals surface area contributed by atoms with Crippen molar-refractivity contribution in [2.24, 2.45) is 0 Å². The molecule has 8 heteroatoms. The lowest BCUT2D eigenvalue weighted by Gasteiger charge is -2.25. The van der Waals surface area contributed by atoms with Crippen molar-refractivity contribution in [3.8, 4) is 0 Å². The van der Waals surface area contributed by atoms with Gasteiger partial charge in [0.05, 0.1) is 4.92 Å². The van der Waals surface area contributed by atoms with E-state index in [1.807, 2.05) is 0 Å². The van der Waals surface area contributed by atoms with Gasteiger partial charge in [-0.3, -0.25) is 14.9 Å². The Kier molecular flexibility index (Phi) is 4.13. The van der Waals surface area contributed by atoms with Gasteiger partial charge in [-0.25, -0.2) is 4.79 Å². The summed E-state index contributed by atoms with van der Waals surface area (Å²) in [5.41, 5.74) is -0.967. The Morgan fingerprint density at radius 2 is 1.92 bits per heavy atom. The van der Waals surface area contributed by atoms with Crippen LogP contribution >= 0.6 is 0 Å². The van der Waals surface area contributed by atoms with Crippen molar-refractivity contribution in [2.45, 2.75) is 50.1 Å². The smallest absolute Gasteiger partial charge is 0.329 e. The maximum atomic E-state index is 12.4. The van der Waals surface area contributed by atoms with E-state index < -0.39 is 22.3 Å². The van der Waals surface area contributed by atoms with E-state index in [-0.39, 0.29) is 17.3 Å². The molecule has 8 nitrogen and oxygen atoms in total. The van der Waals surface area contributed by atoms with Gasteiger partial charge in [-0.05, 0) is 37.8 Å². The van der Waals surface area contributed by atoms with Crippen LogP contribution in [0.25, 0.3) is 0 Å². The summed E-state index contributed by atoms with van der Waals surface area (Å²) in [6.07, 6.45) is 4.16. The number of nitro groups is 1. The number of anilines is 1. The zero-order valence-electron chi connectivity index (χ0n) is 13.1. The number of carbonyl (C=O) groups excluding carboxylic acids is 1. The van der Waals surface area contributed by atoms with Crippen LogP contribution in [0.3, 0.4) is 0 Å². The standard InChI is InChI=1S/C16H19N3O5/c20-14(18-16(15(21)22)7-1-2-8-16)10-3-6-12(17-11-4-5-11)13(9-10)19(23)24/h3,6,9,11,17H,1-2,4-5,7-8H2,(H,18,20)(H,21,22). The second-order valence-electron chi connectivity index (χ2n) is 6.46. The summed E-state index contributed by atoms with van der Waals surface area (Å²) in [7, 11) is 0. The van der Waals surface area contributed by atoms with E-state index in [2.05, 4.69) is 10.6 Å². The molecule has 0 radical (unpaired) electrons. The SMILES string of the molecule is O=C(NC1(C(=O)O)CCCC1)c1ccc(NC2CC2)c([N+](=O)[O-])c1. The molecular formula is C16H19N3O5. The summed E-state index contributed by atoms with van der Waals surface area (Å²) >= 11 is 0. The van der Waals surface area contributed by atoms with Gasteiger partial charge in [-0.15, -0.1) is 0 Å². The maximum absolute atomic E-state index is 12.4. The average molecular weight is 333 g/mol. The third-order valence-corrected chi connectivity index (χ3v) is 4.61. The number of aliphatic carboxylic acids is 1. The van der Waals surface area contributed by atoms with Gasteiger partial charge in [0, 0.05) is 17.7 Å². The summed E-state index contributed by atoms with van der Waals surface area (Å²) in [5.74, 6) is -1.66. The fraction of sp³-hybridized carbons (Fsp3) is 0.500. The molecule has 0 aliphatic heterocycles. The lowest BCUT2D eigenvalue weighted by molar-refractivity contribution is -0.384. The Hall–Kier alpha value is -2.64. The van der Waals surface area contributed by atoms with E-state index in [1.165, 1.54) is 18.2 Å². The Morgan fingerprint density at radius 3 is 2.46 bits per heavy atom. The normalized spacial score (nSPS) is 18.8. The van der Waals surface area contributed by atoms with Crippen LogP contribution in [0.2, 0.25) is 0 Å². The van der Waals surface area contributed by atoms with Gasteiger partial charge in [-0.2, -0.15) is 0 Å². The zero-order valence-corrected chi connectivity index (χ0v) is 13.1. The molecule has 0 atom stereocenters. The van der Waals surface area contributed by atoms with Crippen LogP contribution in [0.5, 0.6) is 0 Å². The Balaban J connectivity index is 1.82. The van der Waals surface area contributed by atoms with Gasteiger partial charge in [-0.1, -0.05) is 12.8 Å². The first kappa shape index (κ1) is 16.2. The van der Waals surface area contributed by atoms with Gasteiger partial charge in [0.25, 0.3) is 11.6 Å². The fourth-order valence-corrected chi connectivity index (χ4v) is 3.05. The van der Waals surface area contributed by atoms with Gasteiger partial charge < -0.3 is 15.7 Å². The highest BCUT2D eigenvalue weighted by atomic mass is 16.6. The topological polar surface area (TPSA) is 122 Å². The Morgan fingerprint density at radius 1 is 1.25 bits per heavy atom. The van der Waals surface area contributed by atoms with Gasteiger partial charge in [0.2, 0.25) is 0 Å². The van der Waals surface area contributed by atoms with Crippen LogP contribution in [-0.4, -0.2) is 33.5 Å². The summed E-state index contributed by atoms with van der Waals surface area (Å²) in [4.78, 5) is 34.6. The van der Waals surface area contributed by atoms with Crippen molar-refractivity contribution < 1.29 is 19.6 Å². The van der Waals surface area contributed by atoms with E-state index in [1.54, 1.807) is 0 Å². The molecule has 1 amide bonds. The zero-order chi connectivity index (χ0) is 17.3. The summed E-state index contributed by atoms with van der Waals surface area (Å²) in [6.45, 7) is 0. The molecule has 2 saturated carbocycles. The van der Waals surface area contributed by atoms with Crippen LogP contribution in [-0.2, 0) is 4.79 Å². The summed E-state index contributed by atoms with van der Waals surface area (Å²) < 4.78 is 0. The first-order valence-corrected chi connectivity index (χ1v) is 8.02. The van der Waals surface area contributed by atoms with E-state index >= 15 is 0 Å². The molecule has 0 saturated heterocycles. The fourth-order valence-electron chi connectivity index (χ4n) is 3.05. The van der Waals surface area contributed by atoms with Gasteiger partial charge in [0.15, 0.2) is 0 Å². The second kappa shape index (κ2) is 6.10. The summed E-state index contributed by atoms with van der Waals surface area (Å²) in [5, 5.41) is 26.3. The van der Waals surface area contributed by atoms with Crippen LogP contribution in [0.4, 0.5) is 11.4 Å². The highest BCUT2D eigenvalue weighted by molar-refractivity contribution is 5.99. The lowest BCUT2D eigenvalue weighted by atomic mass is 9.97. The minimum Gasteiger partial charge on any atom is -0.480 e. The molecule has 3 N–H and O–H groups in total. The third-order valence-electron chi connectivity index (χ3n) is 4.61. The summed E-state index contributed by atoms with van der Waals surface area (Å²) in [6, 6.07) is 4.44. The number of carboxylic acid groups (broad SMARTS) is 1. The Labute approximate surface area is 138 Å². The van der Waals surface area contributed by atoms with Crippen molar-refractivity contribution >= 4 is 23.3 Å². The molecular weight excluding hydrogens is 314 g/mol. The van der Waals surface area contributed by atoms with Crippen LogP contribution < -0.4 is 10.6 Å². The number of amides is 1. The first-order valence-electron chi connectivity index (χ1n) is 8.02. The number of carbonyl (C=O) groups is 2. The highest BCUT2D eigenvalue weighted by Gasteiger charge is 2.42. The van der Waals surface area contributed by atoms with Crippen molar-refractivity contribution in [3.05, 3.63) is 33.9 Å². The molecule has 0 heterocycles. The molecule has 0 aromatic heterocycles. The van der Waals surface area contributed by atoms with Crippen LogP contribution in [0, 0.1) is 10.1 Å². The minimum absolute atomic E-state index is 0.0931. The molecule has 0 spiro atoms. The monoisotopic (exact) mass is 333 g/mol. The number of rotatable bonds is 6. The number of nitrogens with one attached hydrogen (secondary N) is 2. The molecule has 0 unspecified atom stereocenters. The van der Waals surface area contributed by atoms with E-state index in [9.17, 15) is 24.8 Å². The molecule has 24 heavy (non-hydrogen) atoms. The van der Waals surface area contributed by atoms with E-state index in [0.717, 1.165) is 25.7 Å². The number of nitrogens with zero attached hydrogens (tertiary/aromatic N) is 1. The molecule has 1 aromatic rings.